The topological polar surface area (TPSA) is 41.6 Å². The van der Waals surface area contributed by atoms with E-state index in [1.54, 1.807) is 11.2 Å². The highest BCUT2D eigenvalue weighted by molar-refractivity contribution is 7.80. The molecular weight excluding hydrogens is 354 g/mol. The Balaban J connectivity index is 1.37. The summed E-state index contributed by atoms with van der Waals surface area (Å²) in [6.07, 6.45) is 8.12. The van der Waals surface area contributed by atoms with E-state index in [9.17, 15) is 0 Å². The van der Waals surface area contributed by atoms with Gasteiger partial charge >= 0.3 is 0 Å². The number of anilines is 1. The number of quaternary nitrogens is 1. The first-order valence-corrected chi connectivity index (χ1v) is 10.5. The van der Waals surface area contributed by atoms with Gasteiger partial charge in [0.25, 0.3) is 0 Å². The van der Waals surface area contributed by atoms with Gasteiger partial charge in [-0.3, -0.25) is 0 Å². The Morgan fingerprint density at radius 2 is 1.96 bits per heavy atom. The largest absolute Gasteiger partial charge is 0.463 e. The number of furan rings is 1. The number of hydrogen-bond acceptors (Lipinski definition) is 2. The Morgan fingerprint density at radius 3 is 2.67 bits per heavy atom. The van der Waals surface area contributed by atoms with Gasteiger partial charge in [-0.25, -0.2) is 0 Å². The van der Waals surface area contributed by atoms with Crippen LogP contribution in [0.2, 0.25) is 0 Å². The first-order valence-electron chi connectivity index (χ1n) is 10.1. The van der Waals surface area contributed by atoms with E-state index in [0.29, 0.717) is 18.1 Å². The van der Waals surface area contributed by atoms with Crippen molar-refractivity contribution in [1.82, 2.24) is 5.32 Å². The molecule has 3 heterocycles. The number of aryl methyl sites for hydroxylation is 2. The molecule has 1 aromatic heterocycles. The van der Waals surface area contributed by atoms with Gasteiger partial charge < -0.3 is 20.0 Å². The fourth-order valence-electron chi connectivity index (χ4n) is 4.87. The van der Waals surface area contributed by atoms with E-state index in [4.69, 9.17) is 16.6 Å². The van der Waals surface area contributed by atoms with Gasteiger partial charge in [-0.05, 0) is 74.7 Å². The highest BCUT2D eigenvalue weighted by atomic mass is 32.1. The summed E-state index contributed by atoms with van der Waals surface area (Å²) in [5.74, 6) is 1.11. The maximum absolute atomic E-state index is 5.63. The number of thiocarbonyl (C=S) groups is 1. The Morgan fingerprint density at radius 1 is 1.19 bits per heavy atom. The molecule has 4 atom stereocenters. The van der Waals surface area contributed by atoms with Gasteiger partial charge in [0.1, 0.15) is 6.54 Å². The summed E-state index contributed by atoms with van der Waals surface area (Å²) < 4.78 is 5.61. The third kappa shape index (κ3) is 4.36. The van der Waals surface area contributed by atoms with Crippen LogP contribution in [0.25, 0.3) is 0 Å². The van der Waals surface area contributed by atoms with Crippen molar-refractivity contribution in [2.75, 3.05) is 5.32 Å². The van der Waals surface area contributed by atoms with Gasteiger partial charge in [-0.1, -0.05) is 12.1 Å². The molecule has 27 heavy (non-hydrogen) atoms. The molecule has 5 heteroatoms. The summed E-state index contributed by atoms with van der Waals surface area (Å²) >= 11 is 5.63. The molecule has 2 fully saturated rings. The van der Waals surface area contributed by atoms with Crippen molar-refractivity contribution in [2.24, 2.45) is 0 Å². The Hall–Kier alpha value is -1.85. The number of nitrogens with one attached hydrogen (secondary N) is 3. The Bertz CT molecular complexity index is 775. The summed E-state index contributed by atoms with van der Waals surface area (Å²) in [6.45, 7) is 5.24. The molecule has 0 radical (unpaired) electrons. The Kier molecular flexibility index (Phi) is 5.50. The molecule has 0 spiro atoms. The standard InChI is InChI=1S/C22H29N3OS/c1-15-8-9-16(2)21(11-15)24-22(27)23-17-12-18-5-3-6-19(13-17)25(18)14-20-7-4-10-26-20/h4,7-11,17-19H,3,5-6,12-14H2,1-2H3,(H2,23,24,27)/p+1/t17?,18-,19+. The highest BCUT2D eigenvalue weighted by Crippen LogP contribution is 2.23. The molecule has 2 aliphatic heterocycles. The minimum Gasteiger partial charge on any atom is -0.463 e. The SMILES string of the molecule is Cc1ccc(C)c(NC(=S)NC2C[C@H]3CCC[C@@H](C2)[NH+]3Cc2ccco2)c1. The zero-order valence-electron chi connectivity index (χ0n) is 16.3. The molecule has 3 N–H and O–H groups in total. The second-order valence-corrected chi connectivity index (χ2v) is 8.65. The summed E-state index contributed by atoms with van der Waals surface area (Å²) in [5, 5.41) is 7.77. The van der Waals surface area contributed by atoms with Crippen LogP contribution < -0.4 is 15.5 Å². The molecule has 2 saturated heterocycles. The van der Waals surface area contributed by atoms with Crippen LogP contribution in [0.15, 0.2) is 41.0 Å². The fourth-order valence-corrected chi connectivity index (χ4v) is 5.15. The van der Waals surface area contributed by atoms with Crippen LogP contribution in [0.4, 0.5) is 5.69 Å². The van der Waals surface area contributed by atoms with Crippen molar-refractivity contribution in [1.29, 1.82) is 0 Å². The average molecular weight is 385 g/mol. The van der Waals surface area contributed by atoms with E-state index >= 15 is 0 Å². The zero-order valence-corrected chi connectivity index (χ0v) is 17.1. The minimum absolute atomic E-state index is 0.464. The van der Waals surface area contributed by atoms with E-state index in [1.807, 2.05) is 6.07 Å². The van der Waals surface area contributed by atoms with Gasteiger partial charge in [0, 0.05) is 24.6 Å². The number of fused-ring (bicyclic) bond motifs is 2. The van der Waals surface area contributed by atoms with Gasteiger partial charge in [0.15, 0.2) is 10.9 Å². The van der Waals surface area contributed by atoms with Gasteiger partial charge in [-0.15, -0.1) is 0 Å². The third-order valence-corrected chi connectivity index (χ3v) is 6.45. The zero-order chi connectivity index (χ0) is 18.8. The van der Waals surface area contributed by atoms with E-state index < -0.39 is 0 Å². The van der Waals surface area contributed by atoms with Crippen molar-refractivity contribution >= 4 is 23.0 Å². The highest BCUT2D eigenvalue weighted by Gasteiger charge is 2.42. The molecule has 0 saturated carbocycles. The van der Waals surface area contributed by atoms with Crippen LogP contribution in [-0.2, 0) is 6.54 Å². The molecule has 4 rings (SSSR count). The molecule has 2 bridgehead atoms. The average Bonchev–Trinajstić information content (AvgIpc) is 3.12. The van der Waals surface area contributed by atoms with Crippen LogP contribution >= 0.6 is 12.2 Å². The Labute approximate surface area is 167 Å². The predicted molar refractivity (Wildman–Crippen MR) is 113 cm³/mol. The number of benzene rings is 1. The lowest BCUT2D eigenvalue weighted by molar-refractivity contribution is -0.974. The monoisotopic (exact) mass is 384 g/mol. The molecule has 2 aliphatic rings. The summed E-state index contributed by atoms with van der Waals surface area (Å²) in [7, 11) is 0. The van der Waals surface area contributed by atoms with Crippen molar-refractivity contribution in [3.63, 3.8) is 0 Å². The van der Waals surface area contributed by atoms with Gasteiger partial charge in [0.2, 0.25) is 0 Å². The lowest BCUT2D eigenvalue weighted by atomic mass is 9.81. The maximum atomic E-state index is 5.63. The normalized spacial score (nSPS) is 27.2. The molecule has 144 valence electrons. The summed E-state index contributed by atoms with van der Waals surface area (Å²) in [6, 6.07) is 12.4. The molecule has 1 aromatic carbocycles. The maximum Gasteiger partial charge on any atom is 0.171 e. The van der Waals surface area contributed by atoms with Crippen LogP contribution in [0.5, 0.6) is 0 Å². The van der Waals surface area contributed by atoms with E-state index in [1.165, 1.54) is 43.2 Å². The molecule has 2 unspecified atom stereocenters. The fraction of sp³-hybridized carbons (Fsp3) is 0.500. The second-order valence-electron chi connectivity index (χ2n) is 8.24. The van der Waals surface area contributed by atoms with Crippen molar-refractivity contribution < 1.29 is 9.32 Å². The molecular formula is C22H30N3OS+. The third-order valence-electron chi connectivity index (χ3n) is 6.23. The van der Waals surface area contributed by atoms with E-state index in [2.05, 4.69) is 48.7 Å². The first kappa shape index (κ1) is 18.5. The first-order chi connectivity index (χ1) is 13.1. The second kappa shape index (κ2) is 8.03. The van der Waals surface area contributed by atoms with Gasteiger partial charge in [0.05, 0.1) is 18.3 Å². The lowest BCUT2D eigenvalue weighted by Gasteiger charge is -2.45. The van der Waals surface area contributed by atoms with E-state index in [-0.39, 0.29) is 0 Å². The van der Waals surface area contributed by atoms with Crippen molar-refractivity contribution in [3.8, 4) is 0 Å². The van der Waals surface area contributed by atoms with Crippen LogP contribution in [0, 0.1) is 13.8 Å². The summed E-state index contributed by atoms with van der Waals surface area (Å²) in [4.78, 5) is 1.71. The van der Waals surface area contributed by atoms with Crippen molar-refractivity contribution in [2.45, 2.75) is 70.6 Å². The quantitative estimate of drug-likeness (QED) is 0.707. The molecule has 0 amide bonds. The minimum atomic E-state index is 0.464. The van der Waals surface area contributed by atoms with Crippen LogP contribution in [0.1, 0.15) is 49.0 Å². The molecule has 2 aromatic rings. The van der Waals surface area contributed by atoms with Crippen LogP contribution in [-0.4, -0.2) is 23.2 Å². The lowest BCUT2D eigenvalue weighted by Crippen LogP contribution is -3.20. The van der Waals surface area contributed by atoms with Gasteiger partial charge in [-0.2, -0.15) is 0 Å². The number of hydrogen-bond donors (Lipinski definition) is 3. The number of rotatable bonds is 4. The van der Waals surface area contributed by atoms with Crippen LogP contribution in [0.3, 0.4) is 0 Å². The molecule has 4 nitrogen and oxygen atoms in total. The van der Waals surface area contributed by atoms with Crippen molar-refractivity contribution in [3.05, 3.63) is 53.5 Å². The number of piperidine rings is 2. The van der Waals surface area contributed by atoms with E-state index in [0.717, 1.165) is 23.1 Å². The smallest absolute Gasteiger partial charge is 0.171 e. The summed E-state index contributed by atoms with van der Waals surface area (Å²) in [5.41, 5.74) is 3.57. The predicted octanol–water partition coefficient (Wildman–Crippen LogP) is 3.35. The molecule has 0 aliphatic carbocycles.